The number of nitrogens with zero attached hydrogens (tertiary/aromatic N) is 5. The highest BCUT2D eigenvalue weighted by molar-refractivity contribution is 6.18. The first-order chi connectivity index (χ1) is 32.2. The largest absolute Gasteiger partial charge is 0.454 e. The van der Waals surface area contributed by atoms with Crippen molar-refractivity contribution >= 4 is 87.1 Å². The predicted molar refractivity (Wildman–Crippen MR) is 267 cm³/mol. The Labute approximate surface area is 371 Å². The first-order valence-electron chi connectivity index (χ1n) is 21.9. The van der Waals surface area contributed by atoms with Crippen LogP contribution in [0.25, 0.3) is 133 Å². The average Bonchev–Trinajstić information content (AvgIpc) is 4.03. The molecule has 6 nitrogen and oxygen atoms in total. The normalized spacial score (nSPS) is 12.0. The summed E-state index contributed by atoms with van der Waals surface area (Å²) in [6.07, 6.45) is 0. The molecule has 65 heavy (non-hydrogen) atoms. The Morgan fingerprint density at radius 1 is 0.338 bits per heavy atom. The number of aromatic nitrogens is 5. The summed E-state index contributed by atoms with van der Waals surface area (Å²) in [5.74, 6) is 1.77. The molecule has 0 radical (unpaired) electrons. The van der Waals surface area contributed by atoms with Crippen LogP contribution >= 0.6 is 0 Å². The summed E-state index contributed by atoms with van der Waals surface area (Å²) in [5.41, 5.74) is 10.8. The number of benzene rings is 10. The summed E-state index contributed by atoms with van der Waals surface area (Å²) in [5, 5.41) is 11.2. The minimum absolute atomic E-state index is 0.570. The Balaban J connectivity index is 1.05. The van der Waals surface area contributed by atoms with Gasteiger partial charge in [-0.2, -0.15) is 0 Å². The topological polar surface area (TPSA) is 61.7 Å². The van der Waals surface area contributed by atoms with Gasteiger partial charge < -0.3 is 13.6 Å². The standard InChI is InChI=1S/C59H35N5O/c1-2-19-40(20-3-1)63-49-26-11-8-22-42(49)47-34-39(29-31-51(47)63)57-60-58(44-25-14-18-36-15-6-7-21-41(36)44)62-59(61-57)46-30-32-52(56-55(46)45-24-10-13-28-54(45)65-56)64-50-27-12-9-23-43(50)48-33-37-16-4-5-17-38(37)35-53(48)64/h1-35H. The zero-order chi connectivity index (χ0) is 42.6. The Morgan fingerprint density at radius 2 is 0.923 bits per heavy atom. The van der Waals surface area contributed by atoms with Crippen molar-refractivity contribution in [2.45, 2.75) is 0 Å². The van der Waals surface area contributed by atoms with Crippen molar-refractivity contribution in [2.75, 3.05) is 0 Å². The molecule has 14 rings (SSSR count). The molecular weight excluding hydrogens is 795 g/mol. The van der Waals surface area contributed by atoms with Crippen molar-refractivity contribution in [1.82, 2.24) is 24.1 Å². The zero-order valence-electron chi connectivity index (χ0n) is 34.9. The Kier molecular flexibility index (Phi) is 7.59. The van der Waals surface area contributed by atoms with E-state index >= 15 is 0 Å². The highest BCUT2D eigenvalue weighted by Gasteiger charge is 2.24. The van der Waals surface area contributed by atoms with E-state index in [4.69, 9.17) is 19.4 Å². The van der Waals surface area contributed by atoms with Gasteiger partial charge in [0.1, 0.15) is 5.58 Å². The summed E-state index contributed by atoms with van der Waals surface area (Å²) < 4.78 is 11.7. The lowest BCUT2D eigenvalue weighted by Gasteiger charge is -2.13. The summed E-state index contributed by atoms with van der Waals surface area (Å²) >= 11 is 0. The first kappa shape index (κ1) is 35.7. The van der Waals surface area contributed by atoms with E-state index in [9.17, 15) is 0 Å². The van der Waals surface area contributed by atoms with Crippen LogP contribution in [0, 0.1) is 0 Å². The summed E-state index contributed by atoms with van der Waals surface area (Å²) in [7, 11) is 0. The molecule has 0 N–H and O–H groups in total. The van der Waals surface area contributed by atoms with Crippen molar-refractivity contribution in [3.63, 3.8) is 0 Å². The van der Waals surface area contributed by atoms with Gasteiger partial charge >= 0.3 is 0 Å². The highest BCUT2D eigenvalue weighted by atomic mass is 16.3. The van der Waals surface area contributed by atoms with Gasteiger partial charge in [-0.25, -0.2) is 15.0 Å². The maximum Gasteiger partial charge on any atom is 0.164 e. The van der Waals surface area contributed by atoms with Crippen LogP contribution in [0.1, 0.15) is 0 Å². The molecule has 4 heterocycles. The van der Waals surface area contributed by atoms with E-state index in [0.29, 0.717) is 17.5 Å². The molecule has 0 aliphatic carbocycles. The summed E-state index contributed by atoms with van der Waals surface area (Å²) in [6.45, 7) is 0. The molecule has 0 unspecified atom stereocenters. The number of rotatable bonds is 5. The van der Waals surface area contributed by atoms with Gasteiger partial charge in [-0.3, -0.25) is 0 Å². The van der Waals surface area contributed by atoms with Gasteiger partial charge in [0.05, 0.1) is 27.8 Å². The van der Waals surface area contributed by atoms with Gasteiger partial charge in [0.15, 0.2) is 23.1 Å². The van der Waals surface area contributed by atoms with E-state index in [1.807, 2.05) is 12.1 Å². The van der Waals surface area contributed by atoms with E-state index in [1.165, 1.54) is 21.5 Å². The van der Waals surface area contributed by atoms with Gasteiger partial charge in [0.2, 0.25) is 0 Å². The van der Waals surface area contributed by atoms with Crippen molar-refractivity contribution in [2.24, 2.45) is 0 Å². The third-order valence-electron chi connectivity index (χ3n) is 13.1. The predicted octanol–water partition coefficient (Wildman–Crippen LogP) is 15.3. The lowest BCUT2D eigenvalue weighted by atomic mass is 10.0. The van der Waals surface area contributed by atoms with Crippen molar-refractivity contribution in [3.8, 4) is 45.5 Å². The SMILES string of the molecule is c1ccc(-n2c3ccccc3c3cc(-c4nc(-c5cccc6ccccc56)nc(-c5ccc(-n6c7ccccc7c7cc8ccccc8cc76)c6oc7ccccc7c56)n4)ccc32)cc1. The minimum atomic E-state index is 0.570. The Hall–Kier alpha value is -8.87. The van der Waals surface area contributed by atoms with Crippen LogP contribution in [0.4, 0.5) is 0 Å². The fourth-order valence-electron chi connectivity index (χ4n) is 10.2. The van der Waals surface area contributed by atoms with Crippen LogP contribution in [0.15, 0.2) is 217 Å². The lowest BCUT2D eigenvalue weighted by molar-refractivity contribution is 0.666. The molecule has 302 valence electrons. The van der Waals surface area contributed by atoms with Crippen molar-refractivity contribution in [1.29, 1.82) is 0 Å². The molecule has 0 amide bonds. The molecule has 0 saturated heterocycles. The molecule has 10 aromatic carbocycles. The highest BCUT2D eigenvalue weighted by Crippen LogP contribution is 2.43. The number of hydrogen-bond donors (Lipinski definition) is 0. The van der Waals surface area contributed by atoms with E-state index in [-0.39, 0.29) is 0 Å². The van der Waals surface area contributed by atoms with E-state index in [1.54, 1.807) is 0 Å². The monoisotopic (exact) mass is 829 g/mol. The number of furan rings is 1. The maximum absolute atomic E-state index is 6.98. The van der Waals surface area contributed by atoms with E-state index in [0.717, 1.165) is 93.6 Å². The number of hydrogen-bond acceptors (Lipinski definition) is 4. The van der Waals surface area contributed by atoms with Crippen molar-refractivity contribution in [3.05, 3.63) is 212 Å². The molecule has 14 aromatic rings. The molecule has 0 bridgehead atoms. The fraction of sp³-hybridized carbons (Fsp3) is 0. The summed E-state index contributed by atoms with van der Waals surface area (Å²) in [4.78, 5) is 16.1. The van der Waals surface area contributed by atoms with Gasteiger partial charge in [0, 0.05) is 54.7 Å². The third kappa shape index (κ3) is 5.38. The van der Waals surface area contributed by atoms with Crippen LogP contribution in [-0.4, -0.2) is 24.1 Å². The third-order valence-corrected chi connectivity index (χ3v) is 13.1. The van der Waals surface area contributed by atoms with Crippen LogP contribution in [0.5, 0.6) is 0 Å². The fourth-order valence-corrected chi connectivity index (χ4v) is 10.2. The van der Waals surface area contributed by atoms with E-state index < -0.39 is 0 Å². The first-order valence-corrected chi connectivity index (χ1v) is 21.9. The molecule has 0 saturated carbocycles. The molecule has 0 aliphatic rings. The van der Waals surface area contributed by atoms with Gasteiger partial charge in [-0.1, -0.05) is 140 Å². The average molecular weight is 830 g/mol. The molecule has 0 aliphatic heterocycles. The molecule has 6 heteroatoms. The van der Waals surface area contributed by atoms with Crippen LogP contribution in [-0.2, 0) is 0 Å². The quantitative estimate of drug-likeness (QED) is 0.173. The second kappa shape index (κ2) is 13.8. The maximum atomic E-state index is 6.98. The van der Waals surface area contributed by atoms with Crippen LogP contribution < -0.4 is 0 Å². The Morgan fingerprint density at radius 3 is 1.72 bits per heavy atom. The van der Waals surface area contributed by atoms with Crippen molar-refractivity contribution < 1.29 is 4.42 Å². The number of fused-ring (bicyclic) bond motifs is 11. The smallest absolute Gasteiger partial charge is 0.164 e. The lowest BCUT2D eigenvalue weighted by Crippen LogP contribution is -2.02. The van der Waals surface area contributed by atoms with E-state index in [2.05, 4.69) is 209 Å². The molecule has 4 aromatic heterocycles. The zero-order valence-corrected chi connectivity index (χ0v) is 34.9. The van der Waals surface area contributed by atoms with Gasteiger partial charge in [-0.15, -0.1) is 0 Å². The second-order valence-corrected chi connectivity index (χ2v) is 16.8. The molecule has 0 fully saturated rings. The Bertz CT molecular complexity index is 4250. The second-order valence-electron chi connectivity index (χ2n) is 16.8. The van der Waals surface area contributed by atoms with Crippen LogP contribution in [0.2, 0.25) is 0 Å². The molecule has 0 atom stereocenters. The molecule has 0 spiro atoms. The molecular formula is C59H35N5O. The van der Waals surface area contributed by atoms with Crippen LogP contribution in [0.3, 0.4) is 0 Å². The minimum Gasteiger partial charge on any atom is -0.454 e. The number of para-hydroxylation sites is 4. The van der Waals surface area contributed by atoms with Gasteiger partial charge in [-0.05, 0) is 94.3 Å². The van der Waals surface area contributed by atoms with Gasteiger partial charge in [0.25, 0.3) is 0 Å². The summed E-state index contributed by atoms with van der Waals surface area (Å²) in [6, 6.07) is 74.9.